The maximum Gasteiger partial charge on any atom is 0.472 e. The molecule has 0 rings (SSSR count). The van der Waals surface area contributed by atoms with Gasteiger partial charge in [-0.3, -0.25) is 18.6 Å². The van der Waals surface area contributed by atoms with Gasteiger partial charge >= 0.3 is 13.8 Å². The number of carbonyl (C=O) groups is 2. The zero-order valence-electron chi connectivity index (χ0n) is 30.5. The minimum absolute atomic E-state index is 0.0873. The van der Waals surface area contributed by atoms with E-state index < -0.39 is 26.5 Å². The van der Waals surface area contributed by atoms with Crippen LogP contribution < -0.4 is 5.32 Å². The lowest BCUT2D eigenvalue weighted by atomic mass is 10.0. The maximum absolute atomic E-state index is 12.0. The van der Waals surface area contributed by atoms with E-state index in [0.717, 1.165) is 38.5 Å². The highest BCUT2D eigenvalue weighted by atomic mass is 31.2. The number of phosphoric acid groups is 1. The smallest absolute Gasteiger partial charge is 0.463 e. The van der Waals surface area contributed by atoms with Crippen LogP contribution in [0, 0.1) is 0 Å². The molecule has 0 aromatic rings. The van der Waals surface area contributed by atoms with Gasteiger partial charge in [-0.05, 0) is 12.8 Å². The third-order valence-corrected chi connectivity index (χ3v) is 9.52. The molecule has 0 aliphatic heterocycles. The molecule has 47 heavy (non-hydrogen) atoms. The predicted molar refractivity (Wildman–Crippen MR) is 192 cm³/mol. The second-order valence-corrected chi connectivity index (χ2v) is 14.7. The summed E-state index contributed by atoms with van der Waals surface area (Å²) in [6.07, 6.45) is 31.7. The van der Waals surface area contributed by atoms with Crippen LogP contribution in [0.15, 0.2) is 0 Å². The van der Waals surface area contributed by atoms with Crippen molar-refractivity contribution in [2.75, 3.05) is 26.4 Å². The Hall–Kier alpha value is -0.990. The molecule has 2 unspecified atom stereocenters. The summed E-state index contributed by atoms with van der Waals surface area (Å²) in [5, 5.41) is 12.6. The lowest BCUT2D eigenvalue weighted by Gasteiger charge is -2.15. The number of amides is 1. The van der Waals surface area contributed by atoms with Crippen LogP contribution in [0.2, 0.25) is 0 Å². The van der Waals surface area contributed by atoms with Gasteiger partial charge in [0.1, 0.15) is 12.7 Å². The van der Waals surface area contributed by atoms with E-state index in [9.17, 15) is 24.2 Å². The van der Waals surface area contributed by atoms with Crippen LogP contribution >= 0.6 is 7.82 Å². The number of aliphatic hydroxyl groups is 1. The van der Waals surface area contributed by atoms with Gasteiger partial charge < -0.3 is 20.1 Å². The fourth-order valence-corrected chi connectivity index (χ4v) is 6.31. The summed E-state index contributed by atoms with van der Waals surface area (Å²) in [7, 11) is -4.40. The van der Waals surface area contributed by atoms with E-state index in [2.05, 4.69) is 19.2 Å². The lowest BCUT2D eigenvalue weighted by Crippen LogP contribution is -2.27. The summed E-state index contributed by atoms with van der Waals surface area (Å²) in [4.78, 5) is 33.7. The predicted octanol–water partition coefficient (Wildman–Crippen LogP) is 10.1. The number of phosphoric ester groups is 1. The molecule has 0 spiro atoms. The second-order valence-electron chi connectivity index (χ2n) is 13.3. The topological polar surface area (TPSA) is 131 Å². The molecular formula is C37H74NO8P. The van der Waals surface area contributed by atoms with Crippen molar-refractivity contribution >= 4 is 19.7 Å². The van der Waals surface area contributed by atoms with E-state index in [-0.39, 0.29) is 25.7 Å². The Bertz CT molecular complexity index is 754. The van der Waals surface area contributed by atoms with E-state index in [4.69, 9.17) is 13.8 Å². The first-order valence-corrected chi connectivity index (χ1v) is 21.0. The van der Waals surface area contributed by atoms with Crippen molar-refractivity contribution in [3.63, 3.8) is 0 Å². The van der Waals surface area contributed by atoms with Crippen LogP contribution in [-0.4, -0.2) is 54.3 Å². The Balaban J connectivity index is 3.58. The average molecular weight is 692 g/mol. The molecule has 280 valence electrons. The molecule has 0 aromatic heterocycles. The summed E-state index contributed by atoms with van der Waals surface area (Å²) in [6.45, 7) is 3.56. The van der Waals surface area contributed by atoms with Crippen LogP contribution in [0.5, 0.6) is 0 Å². The SMILES string of the molecule is CCCCCCCCCCCCCCCCCCC(=O)OCC(O)COP(=O)(O)OCCNC(=O)CCCCCCCCCCCC. The van der Waals surface area contributed by atoms with Crippen LogP contribution in [0.25, 0.3) is 0 Å². The average Bonchev–Trinajstić information content (AvgIpc) is 3.05. The Labute approximate surface area is 288 Å². The zero-order chi connectivity index (χ0) is 34.7. The molecule has 0 aliphatic rings. The second kappa shape index (κ2) is 34.9. The van der Waals surface area contributed by atoms with Crippen molar-refractivity contribution in [2.45, 2.75) is 200 Å². The summed E-state index contributed by atoms with van der Waals surface area (Å²) >= 11 is 0. The lowest BCUT2D eigenvalue weighted by molar-refractivity contribution is -0.147. The Kier molecular flexibility index (Phi) is 34.1. The first-order chi connectivity index (χ1) is 22.8. The van der Waals surface area contributed by atoms with Crippen molar-refractivity contribution < 1.29 is 37.9 Å². The van der Waals surface area contributed by atoms with Crippen molar-refractivity contribution in [2.24, 2.45) is 0 Å². The number of hydrogen-bond donors (Lipinski definition) is 3. The standard InChI is InChI=1S/C37H74NO8P/c1-3-5-7-9-11-13-15-16-17-18-19-20-22-24-26-28-30-37(41)44-33-35(39)34-46-47(42,43)45-32-31-38-36(40)29-27-25-23-21-14-12-10-8-6-4-2/h35,39H,3-34H2,1-2H3,(H,38,40)(H,42,43). The molecular weight excluding hydrogens is 617 g/mol. The van der Waals surface area contributed by atoms with Gasteiger partial charge in [0.2, 0.25) is 5.91 Å². The van der Waals surface area contributed by atoms with Gasteiger partial charge in [0, 0.05) is 19.4 Å². The molecule has 0 radical (unpaired) electrons. The summed E-state index contributed by atoms with van der Waals surface area (Å²) in [5.74, 6) is -0.509. The largest absolute Gasteiger partial charge is 0.472 e. The molecule has 1 amide bonds. The van der Waals surface area contributed by atoms with E-state index in [1.54, 1.807) is 0 Å². The minimum Gasteiger partial charge on any atom is -0.463 e. The van der Waals surface area contributed by atoms with Crippen molar-refractivity contribution in [1.82, 2.24) is 5.32 Å². The van der Waals surface area contributed by atoms with E-state index in [0.29, 0.717) is 12.8 Å². The van der Waals surface area contributed by atoms with E-state index in [1.165, 1.54) is 128 Å². The van der Waals surface area contributed by atoms with E-state index in [1.807, 2.05) is 0 Å². The molecule has 0 fully saturated rings. The third kappa shape index (κ3) is 36.1. The van der Waals surface area contributed by atoms with Crippen LogP contribution in [0.4, 0.5) is 0 Å². The van der Waals surface area contributed by atoms with Crippen molar-refractivity contribution in [3.8, 4) is 0 Å². The van der Waals surface area contributed by atoms with Crippen molar-refractivity contribution in [1.29, 1.82) is 0 Å². The van der Waals surface area contributed by atoms with Gasteiger partial charge in [-0.15, -0.1) is 0 Å². The van der Waals surface area contributed by atoms with Gasteiger partial charge in [-0.1, -0.05) is 168 Å². The zero-order valence-corrected chi connectivity index (χ0v) is 31.4. The molecule has 0 saturated heterocycles. The van der Waals surface area contributed by atoms with E-state index >= 15 is 0 Å². The summed E-state index contributed by atoms with van der Waals surface area (Å²) in [6, 6.07) is 0. The minimum atomic E-state index is -4.40. The van der Waals surface area contributed by atoms with Gasteiger partial charge in [0.25, 0.3) is 0 Å². The molecule has 0 aromatic carbocycles. The fourth-order valence-electron chi connectivity index (χ4n) is 5.56. The van der Waals surface area contributed by atoms with Gasteiger partial charge in [0.15, 0.2) is 0 Å². The highest BCUT2D eigenvalue weighted by Gasteiger charge is 2.23. The Morgan fingerprint density at radius 2 is 0.957 bits per heavy atom. The fraction of sp³-hybridized carbons (Fsp3) is 0.946. The number of ether oxygens (including phenoxy) is 1. The monoisotopic (exact) mass is 692 g/mol. The summed E-state index contributed by atoms with van der Waals surface area (Å²) < 4.78 is 26.7. The number of esters is 1. The number of aliphatic hydroxyl groups excluding tert-OH is 1. The molecule has 0 bridgehead atoms. The molecule has 2 atom stereocenters. The normalized spacial score (nSPS) is 13.4. The third-order valence-electron chi connectivity index (χ3n) is 8.54. The number of unbranched alkanes of at least 4 members (excludes halogenated alkanes) is 24. The number of carbonyl (C=O) groups excluding carboxylic acids is 2. The van der Waals surface area contributed by atoms with Crippen molar-refractivity contribution in [3.05, 3.63) is 0 Å². The number of hydrogen-bond acceptors (Lipinski definition) is 7. The first kappa shape index (κ1) is 46.0. The molecule has 3 N–H and O–H groups in total. The Morgan fingerprint density at radius 1 is 0.574 bits per heavy atom. The molecule has 0 saturated carbocycles. The van der Waals surface area contributed by atoms with Gasteiger partial charge in [-0.2, -0.15) is 0 Å². The highest BCUT2D eigenvalue weighted by molar-refractivity contribution is 7.47. The number of rotatable bonds is 37. The maximum atomic E-state index is 12.0. The quantitative estimate of drug-likeness (QED) is 0.0333. The molecule has 10 heteroatoms. The van der Waals surface area contributed by atoms with Crippen LogP contribution in [0.1, 0.15) is 194 Å². The van der Waals surface area contributed by atoms with Gasteiger partial charge in [-0.25, -0.2) is 4.57 Å². The number of nitrogens with one attached hydrogen (secondary N) is 1. The molecule has 0 aliphatic carbocycles. The van der Waals surface area contributed by atoms with Gasteiger partial charge in [0.05, 0.1) is 13.2 Å². The van der Waals surface area contributed by atoms with Crippen LogP contribution in [0.3, 0.4) is 0 Å². The highest BCUT2D eigenvalue weighted by Crippen LogP contribution is 2.42. The first-order valence-electron chi connectivity index (χ1n) is 19.5. The Morgan fingerprint density at radius 3 is 1.38 bits per heavy atom. The van der Waals surface area contributed by atoms with Crippen LogP contribution in [-0.2, 0) is 27.9 Å². The summed E-state index contributed by atoms with van der Waals surface area (Å²) in [5.41, 5.74) is 0. The molecule has 9 nitrogen and oxygen atoms in total. The molecule has 0 heterocycles.